The summed E-state index contributed by atoms with van der Waals surface area (Å²) in [6.07, 6.45) is 15.4. The van der Waals surface area contributed by atoms with Gasteiger partial charge in [0.15, 0.2) is 0 Å². The first-order valence-corrected chi connectivity index (χ1v) is 12.8. The van der Waals surface area contributed by atoms with Crippen LogP contribution in [0.4, 0.5) is 0 Å². The van der Waals surface area contributed by atoms with Gasteiger partial charge in [-0.25, -0.2) is 12.2 Å². The van der Waals surface area contributed by atoms with Crippen LogP contribution in [-0.2, 0) is 41.5 Å². The molecule has 3 heteroatoms. The van der Waals surface area contributed by atoms with E-state index in [1.54, 1.807) is 27.4 Å². The molecule has 1 saturated carbocycles. The second-order valence-electron chi connectivity index (χ2n) is 10.8. The van der Waals surface area contributed by atoms with Gasteiger partial charge in [0.25, 0.3) is 0 Å². The van der Waals surface area contributed by atoms with Crippen LogP contribution in [0.2, 0.25) is 0 Å². The van der Waals surface area contributed by atoms with Gasteiger partial charge in [-0.2, -0.15) is 35.4 Å². The van der Waals surface area contributed by atoms with Gasteiger partial charge in [-0.3, -0.25) is 6.08 Å². The molecule has 0 N–H and O–H groups in total. The standard InChI is InChI=1S/C21H25.C5H5.C4H6.2BrH.Zr/c1-20(2,3)16-9-7-14-11-15-8-10-17(21(4,5)6)13-19(15)18(14)12-16;1-2-4-5-3-1;1-2-4-3-1;;;/h7,9-10,12-13H,11H2,1-6H3;1-3H,4H2;1-3H2;2*1H;/q2*-1;;;;+2/p-2. The number of allylic oxidation sites excluding steroid dienone is 4. The quantitative estimate of drug-likeness (QED) is 0.327. The molecule has 0 bridgehead atoms. The van der Waals surface area contributed by atoms with Crippen LogP contribution in [-0.4, -0.2) is 3.21 Å². The molecule has 2 aromatic rings. The average Bonchev–Trinajstić information content (AvgIpc) is 3.36. The monoisotopic (exact) mass is 644 g/mol. The molecule has 0 aliphatic heterocycles. The molecule has 2 aromatic carbocycles. The summed E-state index contributed by atoms with van der Waals surface area (Å²) in [7, 11) is 0. The van der Waals surface area contributed by atoms with E-state index in [1.807, 2.05) is 12.2 Å². The van der Waals surface area contributed by atoms with Crippen LogP contribution in [0, 0.1) is 12.1 Å². The van der Waals surface area contributed by atoms with Crippen molar-refractivity contribution in [2.75, 3.05) is 0 Å². The third kappa shape index (κ3) is 8.66. The number of fused-ring (bicyclic) bond motifs is 3. The van der Waals surface area contributed by atoms with Crippen molar-refractivity contribution in [3.05, 3.63) is 83.0 Å². The number of hydrogen-bond donors (Lipinski definition) is 0. The van der Waals surface area contributed by atoms with Crippen molar-refractivity contribution in [1.82, 2.24) is 0 Å². The Labute approximate surface area is 238 Å². The molecule has 0 spiro atoms. The zero-order chi connectivity index (χ0) is 22.6. The molecule has 0 heterocycles. The van der Waals surface area contributed by atoms with E-state index in [-0.39, 0.29) is 44.8 Å². The fourth-order valence-electron chi connectivity index (χ4n) is 3.68. The van der Waals surface area contributed by atoms with E-state index in [0.717, 1.165) is 12.8 Å². The Bertz CT molecular complexity index is 923. The summed E-state index contributed by atoms with van der Waals surface area (Å²) in [5.41, 5.74) is 8.76. The molecular formula is C30H36Br2Zr-2. The van der Waals surface area contributed by atoms with Crippen molar-refractivity contribution in [3.63, 3.8) is 0 Å². The molecule has 0 amide bonds. The zero-order valence-corrected chi connectivity index (χ0v) is 26.5. The van der Waals surface area contributed by atoms with Gasteiger partial charge >= 0.3 is 46.7 Å². The number of halogens is 2. The van der Waals surface area contributed by atoms with Gasteiger partial charge in [-0.05, 0) is 17.4 Å². The second-order valence-corrected chi connectivity index (χ2v) is 12.5. The SMILES string of the molecule is CC(C)(C)c1c[c-]c2c(c1)-c1cc(C(C)(C)C)ccc1C2.[Br-].[Br-].[C-]1=CC=CC1.[Zr+2]=[C]1CCC1. The topological polar surface area (TPSA) is 0 Å². The molecule has 33 heavy (non-hydrogen) atoms. The van der Waals surface area contributed by atoms with Gasteiger partial charge in [-0.15, -0.1) is 12.0 Å². The summed E-state index contributed by atoms with van der Waals surface area (Å²) in [5, 5.41) is 0. The summed E-state index contributed by atoms with van der Waals surface area (Å²) in [5.74, 6) is 0. The zero-order valence-electron chi connectivity index (χ0n) is 20.9. The molecule has 3 aliphatic carbocycles. The Morgan fingerprint density at radius 1 is 0.848 bits per heavy atom. The maximum atomic E-state index is 3.53. The van der Waals surface area contributed by atoms with Gasteiger partial charge in [0, 0.05) is 0 Å². The van der Waals surface area contributed by atoms with E-state index >= 15 is 0 Å². The second kappa shape index (κ2) is 13.1. The Morgan fingerprint density at radius 3 is 1.88 bits per heavy atom. The third-order valence-corrected chi connectivity index (χ3v) is 7.30. The summed E-state index contributed by atoms with van der Waals surface area (Å²) in [6, 6.07) is 15.1. The molecule has 0 atom stereocenters. The van der Waals surface area contributed by atoms with Crippen molar-refractivity contribution < 1.29 is 58.2 Å². The van der Waals surface area contributed by atoms with Crippen LogP contribution in [0.3, 0.4) is 0 Å². The Kier molecular flexibility index (Phi) is 12.2. The molecule has 3 aliphatic rings. The maximum absolute atomic E-state index is 3.53. The fraction of sp³-hybridized carbons (Fsp3) is 0.433. The number of benzene rings is 2. The fourth-order valence-corrected chi connectivity index (χ4v) is 4.55. The first-order chi connectivity index (χ1) is 14.6. The molecule has 0 unspecified atom stereocenters. The third-order valence-electron chi connectivity index (χ3n) is 6.07. The van der Waals surface area contributed by atoms with Crippen LogP contribution in [0.25, 0.3) is 11.1 Å². The van der Waals surface area contributed by atoms with Crippen molar-refractivity contribution in [2.24, 2.45) is 0 Å². The molecule has 5 rings (SSSR count). The van der Waals surface area contributed by atoms with E-state index in [4.69, 9.17) is 0 Å². The number of hydrogen-bond acceptors (Lipinski definition) is 0. The first kappa shape index (κ1) is 30.7. The van der Waals surface area contributed by atoms with Gasteiger partial charge < -0.3 is 34.0 Å². The molecular weight excluding hydrogens is 611 g/mol. The van der Waals surface area contributed by atoms with E-state index in [1.165, 1.54) is 52.6 Å². The Morgan fingerprint density at radius 2 is 1.45 bits per heavy atom. The first-order valence-electron chi connectivity index (χ1n) is 11.5. The molecule has 0 saturated heterocycles. The normalized spacial score (nSPS) is 15.0. The molecule has 0 radical (unpaired) electrons. The minimum atomic E-state index is 0. The van der Waals surface area contributed by atoms with Crippen molar-refractivity contribution in [2.45, 2.75) is 84.5 Å². The van der Waals surface area contributed by atoms with Gasteiger partial charge in [0.05, 0.1) is 0 Å². The van der Waals surface area contributed by atoms with E-state index < -0.39 is 0 Å². The molecule has 176 valence electrons. The van der Waals surface area contributed by atoms with Crippen LogP contribution >= 0.6 is 0 Å². The summed E-state index contributed by atoms with van der Waals surface area (Å²) >= 11 is 1.67. The van der Waals surface area contributed by atoms with Crippen LogP contribution < -0.4 is 34.0 Å². The van der Waals surface area contributed by atoms with E-state index in [9.17, 15) is 0 Å². The summed E-state index contributed by atoms with van der Waals surface area (Å²) in [6.45, 7) is 13.6. The van der Waals surface area contributed by atoms with Crippen LogP contribution in [0.5, 0.6) is 0 Å². The van der Waals surface area contributed by atoms with E-state index in [0.29, 0.717) is 0 Å². The predicted molar refractivity (Wildman–Crippen MR) is 131 cm³/mol. The van der Waals surface area contributed by atoms with Gasteiger partial charge in [-0.1, -0.05) is 76.3 Å². The van der Waals surface area contributed by atoms with E-state index in [2.05, 4.69) is 90.1 Å². The number of rotatable bonds is 0. The Balaban J connectivity index is 0.000000375. The van der Waals surface area contributed by atoms with Crippen molar-refractivity contribution in [3.8, 4) is 11.1 Å². The summed E-state index contributed by atoms with van der Waals surface area (Å²) < 4.78 is 1.78. The van der Waals surface area contributed by atoms with Crippen LogP contribution in [0.15, 0.2) is 48.6 Å². The molecule has 0 aromatic heterocycles. The predicted octanol–water partition coefficient (Wildman–Crippen LogP) is 1.86. The average molecular weight is 648 g/mol. The van der Waals surface area contributed by atoms with Crippen LogP contribution in [0.1, 0.15) is 89.5 Å². The molecule has 1 fully saturated rings. The summed E-state index contributed by atoms with van der Waals surface area (Å²) in [4.78, 5) is 0. The minimum absolute atomic E-state index is 0. The van der Waals surface area contributed by atoms with Crippen molar-refractivity contribution >= 4 is 3.21 Å². The Hall–Kier alpha value is -0.367. The van der Waals surface area contributed by atoms with Crippen molar-refractivity contribution in [1.29, 1.82) is 0 Å². The van der Waals surface area contributed by atoms with Gasteiger partial charge in [0.1, 0.15) is 0 Å². The van der Waals surface area contributed by atoms with Gasteiger partial charge in [0.2, 0.25) is 0 Å². The molecule has 0 nitrogen and oxygen atoms in total.